The number of nitrogens with two attached hydrogens (primary N) is 2. The Bertz CT molecular complexity index is 2090. The van der Waals surface area contributed by atoms with Crippen molar-refractivity contribution >= 4 is 52.9 Å². The van der Waals surface area contributed by atoms with Crippen molar-refractivity contribution < 1.29 is 21.6 Å². The van der Waals surface area contributed by atoms with Crippen molar-refractivity contribution in [1.82, 2.24) is 0 Å². The second-order valence-electron chi connectivity index (χ2n) is 11.8. The Hall–Kier alpha value is -4.09. The van der Waals surface area contributed by atoms with E-state index in [0.717, 1.165) is 21.5 Å². The van der Waals surface area contributed by atoms with E-state index in [9.17, 15) is 21.6 Å². The molecule has 3 atom stereocenters. The maximum absolute atomic E-state index is 14.0. The molecule has 240 valence electrons. The van der Waals surface area contributed by atoms with E-state index in [1.54, 1.807) is 62.4 Å². The van der Waals surface area contributed by atoms with E-state index in [1.165, 1.54) is 10.4 Å². The largest absolute Gasteiger partial charge is 0.328 e. The van der Waals surface area contributed by atoms with Gasteiger partial charge in [-0.1, -0.05) is 97.9 Å². The molecule has 10 heteroatoms. The third kappa shape index (κ3) is 6.57. The van der Waals surface area contributed by atoms with E-state index in [2.05, 4.69) is 0 Å². The molecular weight excluding hydrogens is 619 g/mol. The second-order valence-corrected chi connectivity index (χ2v) is 15.9. The zero-order valence-electron chi connectivity index (χ0n) is 25.9. The molecule has 0 aliphatic heterocycles. The monoisotopic (exact) mass is 657 g/mol. The van der Waals surface area contributed by atoms with Gasteiger partial charge < -0.3 is 11.5 Å². The first-order valence-corrected chi connectivity index (χ1v) is 18.3. The maximum atomic E-state index is 14.0. The van der Waals surface area contributed by atoms with Crippen LogP contribution in [0.5, 0.6) is 0 Å². The quantitative estimate of drug-likeness (QED) is 0.163. The van der Waals surface area contributed by atoms with Crippen LogP contribution in [0.3, 0.4) is 0 Å². The smallest absolute Gasteiger partial charge is 0.239 e. The van der Waals surface area contributed by atoms with Crippen LogP contribution in [0.2, 0.25) is 0 Å². The molecule has 4 N–H and O–H groups in total. The molecule has 8 nitrogen and oxygen atoms in total. The third-order valence-electron chi connectivity index (χ3n) is 8.81. The number of fused-ring (bicyclic) bond motifs is 2. The van der Waals surface area contributed by atoms with Gasteiger partial charge in [-0.2, -0.15) is 0 Å². The molecule has 5 rings (SSSR count). The number of benzene rings is 5. The highest BCUT2D eigenvalue weighted by atomic mass is 32.2. The normalized spacial score (nSPS) is 14.9. The average Bonchev–Trinajstić information content (AvgIpc) is 3.06. The summed E-state index contributed by atoms with van der Waals surface area (Å²) in [7, 11) is -8.13. The number of nitrogens with zero attached hydrogens (tertiary/aromatic N) is 1. The number of rotatable bonds is 13. The zero-order valence-corrected chi connectivity index (χ0v) is 27.5. The highest BCUT2D eigenvalue weighted by Crippen LogP contribution is 2.33. The molecule has 0 spiro atoms. The molecule has 0 amide bonds. The fraction of sp³-hybridized carbons (Fsp3) is 0.250. The summed E-state index contributed by atoms with van der Waals surface area (Å²) in [4.78, 5) is 12.0. The number of sulfone groups is 1. The minimum atomic E-state index is -4.11. The number of anilines is 1. The second kappa shape index (κ2) is 13.3. The Kier molecular flexibility index (Phi) is 9.65. The summed E-state index contributed by atoms with van der Waals surface area (Å²) < 4.78 is 56.9. The first kappa shape index (κ1) is 33.3. The average molecular weight is 658 g/mol. The van der Waals surface area contributed by atoms with Crippen molar-refractivity contribution in [1.29, 1.82) is 0 Å². The molecule has 5 aromatic rings. The predicted molar refractivity (Wildman–Crippen MR) is 185 cm³/mol. The number of carbonyl (C=O) groups excluding carboxylic acids is 1. The molecule has 0 heterocycles. The van der Waals surface area contributed by atoms with Crippen molar-refractivity contribution in [3.05, 3.63) is 121 Å². The summed E-state index contributed by atoms with van der Waals surface area (Å²) in [5, 5.41) is 3.42. The lowest BCUT2D eigenvalue weighted by Crippen LogP contribution is -2.58. The highest BCUT2D eigenvalue weighted by Gasteiger charge is 2.45. The van der Waals surface area contributed by atoms with Crippen molar-refractivity contribution in [2.75, 3.05) is 10.8 Å². The number of hydrogen-bond acceptors (Lipinski definition) is 7. The number of ketones is 1. The summed E-state index contributed by atoms with van der Waals surface area (Å²) >= 11 is 0. The SMILES string of the molecule is CC(CCC(=O)[C@H](C)N(c1ccc2ccccc2c1)S(=O)(=O)Cc1ccccc1)C(N)(CN)S(=O)(=O)c1ccc2ccccc2c1. The van der Waals surface area contributed by atoms with Crippen LogP contribution >= 0.6 is 0 Å². The van der Waals surface area contributed by atoms with Crippen molar-refractivity contribution in [3.63, 3.8) is 0 Å². The predicted octanol–water partition coefficient (Wildman–Crippen LogP) is 5.79. The summed E-state index contributed by atoms with van der Waals surface area (Å²) in [6, 6.07) is 32.9. The maximum Gasteiger partial charge on any atom is 0.239 e. The fourth-order valence-electron chi connectivity index (χ4n) is 5.87. The van der Waals surface area contributed by atoms with Crippen molar-refractivity contribution in [3.8, 4) is 0 Å². The van der Waals surface area contributed by atoms with Gasteiger partial charge in [0.05, 0.1) is 16.3 Å². The third-order valence-corrected chi connectivity index (χ3v) is 13.1. The van der Waals surface area contributed by atoms with Gasteiger partial charge in [-0.3, -0.25) is 9.10 Å². The van der Waals surface area contributed by atoms with Crippen LogP contribution in [-0.2, 0) is 30.4 Å². The van der Waals surface area contributed by atoms with E-state index in [4.69, 9.17) is 11.5 Å². The minimum absolute atomic E-state index is 0.0557. The number of Topliss-reactive ketones (excluding diaryl/α,β-unsaturated/α-hetero) is 1. The van der Waals surface area contributed by atoms with Gasteiger partial charge >= 0.3 is 0 Å². The summed E-state index contributed by atoms with van der Waals surface area (Å²) in [6.07, 6.45) is -0.00651. The first-order chi connectivity index (χ1) is 21.9. The molecule has 0 fully saturated rings. The van der Waals surface area contributed by atoms with Gasteiger partial charge in [0.15, 0.2) is 15.6 Å². The van der Waals surface area contributed by atoms with E-state index in [0.29, 0.717) is 11.3 Å². The van der Waals surface area contributed by atoms with Crippen LogP contribution in [0.4, 0.5) is 5.69 Å². The lowest BCUT2D eigenvalue weighted by atomic mass is 9.94. The van der Waals surface area contributed by atoms with Gasteiger partial charge in [0.2, 0.25) is 10.0 Å². The van der Waals surface area contributed by atoms with Crippen LogP contribution in [0.25, 0.3) is 21.5 Å². The molecule has 5 aromatic carbocycles. The molecule has 0 radical (unpaired) electrons. The number of hydrogen-bond donors (Lipinski definition) is 2. The zero-order chi connectivity index (χ0) is 33.1. The lowest BCUT2D eigenvalue weighted by Gasteiger charge is -2.34. The van der Waals surface area contributed by atoms with Crippen molar-refractivity contribution in [2.45, 2.75) is 48.3 Å². The van der Waals surface area contributed by atoms with Gasteiger partial charge in [-0.05, 0) is 70.6 Å². The van der Waals surface area contributed by atoms with Gasteiger partial charge in [0.25, 0.3) is 0 Å². The standard InChI is InChI=1S/C36H39N3O5S2/c1-26(36(38,25-37)46(43,44)34-20-18-30-13-7-9-15-32(30)23-34)16-21-35(40)27(2)39(45(41,42)24-28-10-4-3-5-11-28)33-19-17-29-12-6-8-14-31(29)22-33/h3-15,17-20,22-23,26-27H,16,21,24-25,37-38H2,1-2H3/t26?,27-,36?/m0/s1. The van der Waals surface area contributed by atoms with Crippen LogP contribution < -0.4 is 15.8 Å². The van der Waals surface area contributed by atoms with Gasteiger partial charge in [0.1, 0.15) is 10.9 Å². The molecule has 0 aliphatic rings. The van der Waals surface area contributed by atoms with E-state index < -0.39 is 36.7 Å². The van der Waals surface area contributed by atoms with Gasteiger partial charge in [-0.25, -0.2) is 16.8 Å². The van der Waals surface area contributed by atoms with Crippen LogP contribution in [-0.4, -0.2) is 40.1 Å². The summed E-state index contributed by atoms with van der Waals surface area (Å²) in [5.74, 6) is -1.38. The van der Waals surface area contributed by atoms with Gasteiger partial charge in [-0.15, -0.1) is 0 Å². The first-order valence-electron chi connectivity index (χ1n) is 15.2. The number of sulfonamides is 1. The molecule has 46 heavy (non-hydrogen) atoms. The van der Waals surface area contributed by atoms with E-state index >= 15 is 0 Å². The summed E-state index contributed by atoms with van der Waals surface area (Å²) in [6.45, 7) is 2.87. The Morgan fingerprint density at radius 1 is 0.739 bits per heavy atom. The molecule has 0 bridgehead atoms. The lowest BCUT2D eigenvalue weighted by molar-refractivity contribution is -0.120. The Morgan fingerprint density at radius 2 is 1.28 bits per heavy atom. The fourth-order valence-corrected chi connectivity index (χ4v) is 9.49. The van der Waals surface area contributed by atoms with Crippen LogP contribution in [0.1, 0.15) is 32.3 Å². The molecule has 0 saturated heterocycles. The van der Waals surface area contributed by atoms with Gasteiger partial charge in [0, 0.05) is 13.0 Å². The van der Waals surface area contributed by atoms with Crippen LogP contribution in [0.15, 0.2) is 120 Å². The Labute approximate surface area is 271 Å². The topological polar surface area (TPSA) is 141 Å². The molecule has 0 aliphatic carbocycles. The Balaban J connectivity index is 1.41. The molecule has 2 unspecified atom stereocenters. The Morgan fingerprint density at radius 3 is 1.89 bits per heavy atom. The summed E-state index contributed by atoms with van der Waals surface area (Å²) in [5.41, 5.74) is 13.6. The van der Waals surface area contributed by atoms with Crippen molar-refractivity contribution in [2.24, 2.45) is 17.4 Å². The van der Waals surface area contributed by atoms with Crippen LogP contribution in [0, 0.1) is 5.92 Å². The number of carbonyl (C=O) groups is 1. The molecular formula is C36H39N3O5S2. The molecule has 0 saturated carbocycles. The molecule has 0 aromatic heterocycles. The van der Waals surface area contributed by atoms with E-state index in [1.807, 2.05) is 60.7 Å². The highest BCUT2D eigenvalue weighted by molar-refractivity contribution is 7.93. The van der Waals surface area contributed by atoms with E-state index in [-0.39, 0.29) is 35.8 Å². The minimum Gasteiger partial charge on any atom is -0.328 e.